The van der Waals surface area contributed by atoms with Crippen LogP contribution < -0.4 is 11.1 Å². The van der Waals surface area contributed by atoms with Gasteiger partial charge >= 0.3 is 5.69 Å². The highest BCUT2D eigenvalue weighted by molar-refractivity contribution is 5.70. The number of hydrogen-bond donors (Lipinski definition) is 0. The van der Waals surface area contributed by atoms with Crippen molar-refractivity contribution in [3.8, 4) is 12.3 Å². The Balaban J connectivity index is 2.86. The van der Waals surface area contributed by atoms with E-state index in [0.717, 1.165) is 0 Å². The lowest BCUT2D eigenvalue weighted by Crippen LogP contribution is -2.23. The van der Waals surface area contributed by atoms with Gasteiger partial charge in [0.1, 0.15) is 11.1 Å². The molecule has 0 N–H and O–H groups in total. The Bertz CT molecular complexity index is 704. The van der Waals surface area contributed by atoms with Gasteiger partial charge < -0.3 is 4.42 Å². The number of rotatable bonds is 1. The van der Waals surface area contributed by atoms with Crippen LogP contribution >= 0.6 is 0 Å². The molecule has 2 aromatic rings. The van der Waals surface area contributed by atoms with E-state index in [1.54, 1.807) is 6.92 Å². The molecule has 2 heterocycles. The SMILES string of the molecule is C#CCn1cc2c(=O)cc(C)oc2nc1=O. The van der Waals surface area contributed by atoms with E-state index in [4.69, 9.17) is 10.8 Å². The fraction of sp³-hybridized carbons (Fsp3) is 0.182. The Labute approximate surface area is 90.3 Å². The van der Waals surface area contributed by atoms with Crippen LogP contribution in [0.5, 0.6) is 0 Å². The molecule has 0 aliphatic rings. The molecule has 0 saturated carbocycles. The molecule has 0 bridgehead atoms. The third-order valence-corrected chi connectivity index (χ3v) is 2.08. The van der Waals surface area contributed by atoms with Gasteiger partial charge in [-0.15, -0.1) is 6.42 Å². The zero-order chi connectivity index (χ0) is 11.7. The second-order valence-electron chi connectivity index (χ2n) is 3.30. The molecule has 2 rings (SSSR count). The molecule has 0 spiro atoms. The van der Waals surface area contributed by atoms with Crippen molar-refractivity contribution in [1.29, 1.82) is 0 Å². The molecular weight excluding hydrogens is 208 g/mol. The van der Waals surface area contributed by atoms with Crippen LogP contribution in [-0.4, -0.2) is 9.55 Å². The van der Waals surface area contributed by atoms with E-state index in [1.807, 2.05) is 0 Å². The van der Waals surface area contributed by atoms with Crippen LogP contribution in [-0.2, 0) is 6.54 Å². The molecular formula is C11H8N2O3. The van der Waals surface area contributed by atoms with Crippen LogP contribution in [0.15, 0.2) is 26.3 Å². The molecule has 0 aliphatic carbocycles. The zero-order valence-corrected chi connectivity index (χ0v) is 8.56. The molecule has 0 unspecified atom stereocenters. The standard InChI is InChI=1S/C11H8N2O3/c1-3-4-13-6-8-9(14)5-7(2)16-10(8)12-11(13)15/h1,5-6H,4H2,2H3. The monoisotopic (exact) mass is 216 g/mol. The van der Waals surface area contributed by atoms with Gasteiger partial charge in [-0.25, -0.2) is 4.79 Å². The molecule has 5 heteroatoms. The number of hydrogen-bond acceptors (Lipinski definition) is 4. The first-order valence-corrected chi connectivity index (χ1v) is 4.57. The Kier molecular flexibility index (Phi) is 2.33. The molecule has 0 amide bonds. The predicted octanol–water partition coefficient (Wildman–Crippen LogP) is 0.291. The number of terminal acetylenes is 1. The average Bonchev–Trinajstić information content (AvgIpc) is 2.20. The minimum Gasteiger partial charge on any atom is -0.443 e. The van der Waals surface area contributed by atoms with E-state index in [0.29, 0.717) is 5.76 Å². The van der Waals surface area contributed by atoms with Crippen LogP contribution in [0.2, 0.25) is 0 Å². The summed E-state index contributed by atoms with van der Waals surface area (Å²) >= 11 is 0. The summed E-state index contributed by atoms with van der Waals surface area (Å²) in [5.41, 5.74) is -0.723. The maximum absolute atomic E-state index is 11.6. The van der Waals surface area contributed by atoms with Gasteiger partial charge in [-0.3, -0.25) is 9.36 Å². The lowest BCUT2D eigenvalue weighted by Gasteiger charge is -2.01. The molecule has 0 aliphatic heterocycles. The van der Waals surface area contributed by atoms with Crippen LogP contribution in [0.1, 0.15) is 5.76 Å². The first-order valence-electron chi connectivity index (χ1n) is 4.57. The summed E-state index contributed by atoms with van der Waals surface area (Å²) in [6.07, 6.45) is 6.47. The fourth-order valence-corrected chi connectivity index (χ4v) is 1.38. The molecule has 0 fully saturated rings. The van der Waals surface area contributed by atoms with Crippen molar-refractivity contribution < 1.29 is 4.42 Å². The van der Waals surface area contributed by atoms with E-state index in [9.17, 15) is 9.59 Å². The van der Waals surface area contributed by atoms with Crippen LogP contribution in [0.3, 0.4) is 0 Å². The highest BCUT2D eigenvalue weighted by Gasteiger charge is 2.06. The summed E-state index contributed by atoms with van der Waals surface area (Å²) < 4.78 is 6.37. The molecule has 0 saturated heterocycles. The third-order valence-electron chi connectivity index (χ3n) is 2.08. The van der Waals surface area contributed by atoms with Gasteiger partial charge in [-0.05, 0) is 6.92 Å². The van der Waals surface area contributed by atoms with Crippen molar-refractivity contribution in [2.75, 3.05) is 0 Å². The Morgan fingerprint density at radius 3 is 3.00 bits per heavy atom. The van der Waals surface area contributed by atoms with Crippen molar-refractivity contribution >= 4 is 11.1 Å². The lowest BCUT2D eigenvalue weighted by atomic mass is 10.3. The molecule has 16 heavy (non-hydrogen) atoms. The summed E-state index contributed by atoms with van der Waals surface area (Å²) in [4.78, 5) is 26.7. The average molecular weight is 216 g/mol. The quantitative estimate of drug-likeness (QED) is 0.643. The molecule has 5 nitrogen and oxygen atoms in total. The van der Waals surface area contributed by atoms with Crippen molar-refractivity contribution in [2.24, 2.45) is 0 Å². The number of aryl methyl sites for hydroxylation is 1. The first kappa shape index (κ1) is 10.2. The summed E-state index contributed by atoms with van der Waals surface area (Å²) in [6, 6.07) is 1.34. The lowest BCUT2D eigenvalue weighted by molar-refractivity contribution is 0.547. The largest absolute Gasteiger partial charge is 0.443 e. The van der Waals surface area contributed by atoms with Crippen LogP contribution in [0.25, 0.3) is 11.1 Å². The van der Waals surface area contributed by atoms with E-state index in [1.165, 1.54) is 16.8 Å². The Morgan fingerprint density at radius 1 is 1.56 bits per heavy atom. The Hall–Kier alpha value is -2.35. The van der Waals surface area contributed by atoms with Crippen LogP contribution in [0, 0.1) is 19.3 Å². The maximum Gasteiger partial charge on any atom is 0.351 e. The Morgan fingerprint density at radius 2 is 2.31 bits per heavy atom. The number of aromatic nitrogens is 2. The second kappa shape index (κ2) is 3.66. The topological polar surface area (TPSA) is 65.1 Å². The molecule has 0 aromatic carbocycles. The van der Waals surface area contributed by atoms with Gasteiger partial charge in [0.2, 0.25) is 5.71 Å². The van der Waals surface area contributed by atoms with E-state index < -0.39 is 5.69 Å². The molecule has 0 atom stereocenters. The van der Waals surface area contributed by atoms with Gasteiger partial charge in [0.15, 0.2) is 5.43 Å². The highest BCUT2D eigenvalue weighted by atomic mass is 16.3. The first-order chi connectivity index (χ1) is 7.61. The fourth-order valence-electron chi connectivity index (χ4n) is 1.38. The van der Waals surface area contributed by atoms with Gasteiger partial charge in [-0.2, -0.15) is 4.98 Å². The summed E-state index contributed by atoms with van der Waals surface area (Å²) in [6.45, 7) is 1.70. The molecule has 2 aromatic heterocycles. The summed E-state index contributed by atoms with van der Waals surface area (Å²) in [7, 11) is 0. The minimum atomic E-state index is -0.529. The van der Waals surface area contributed by atoms with Gasteiger partial charge in [0.05, 0.1) is 6.54 Å². The summed E-state index contributed by atoms with van der Waals surface area (Å²) in [5, 5.41) is 0.250. The van der Waals surface area contributed by atoms with E-state index >= 15 is 0 Å². The van der Waals surface area contributed by atoms with Crippen molar-refractivity contribution in [3.63, 3.8) is 0 Å². The van der Waals surface area contributed by atoms with E-state index in [-0.39, 0.29) is 23.1 Å². The second-order valence-corrected chi connectivity index (χ2v) is 3.30. The van der Waals surface area contributed by atoms with Gasteiger partial charge in [0, 0.05) is 12.3 Å². The summed E-state index contributed by atoms with van der Waals surface area (Å²) in [5.74, 6) is 2.73. The smallest absolute Gasteiger partial charge is 0.351 e. The van der Waals surface area contributed by atoms with Crippen molar-refractivity contribution in [2.45, 2.75) is 13.5 Å². The number of fused-ring (bicyclic) bond motifs is 1. The third kappa shape index (κ3) is 1.61. The normalized spacial score (nSPS) is 10.2. The number of nitrogens with zero attached hydrogens (tertiary/aromatic N) is 2. The molecule has 0 radical (unpaired) electrons. The maximum atomic E-state index is 11.6. The minimum absolute atomic E-state index is 0.0447. The van der Waals surface area contributed by atoms with Crippen molar-refractivity contribution in [3.05, 3.63) is 38.7 Å². The highest BCUT2D eigenvalue weighted by Crippen LogP contribution is 2.05. The van der Waals surface area contributed by atoms with Gasteiger partial charge in [0.25, 0.3) is 0 Å². The van der Waals surface area contributed by atoms with E-state index in [2.05, 4.69) is 10.9 Å². The molecule has 80 valence electrons. The predicted molar refractivity (Wildman–Crippen MR) is 58.1 cm³/mol. The van der Waals surface area contributed by atoms with Crippen LogP contribution in [0.4, 0.5) is 0 Å². The van der Waals surface area contributed by atoms with Crippen molar-refractivity contribution in [1.82, 2.24) is 9.55 Å². The van der Waals surface area contributed by atoms with Gasteiger partial charge in [-0.1, -0.05) is 5.92 Å². The zero-order valence-electron chi connectivity index (χ0n) is 8.56.